The summed E-state index contributed by atoms with van der Waals surface area (Å²) in [6, 6.07) is 16.5. The number of nitrogens with one attached hydrogen (secondary N) is 1. The van der Waals surface area contributed by atoms with Crippen LogP contribution in [-0.2, 0) is 10.2 Å². The topological polar surface area (TPSA) is 93.9 Å². The van der Waals surface area contributed by atoms with Gasteiger partial charge in [-0.15, -0.1) is 0 Å². The highest BCUT2D eigenvalue weighted by Gasteiger charge is 2.44. The molecule has 1 aliphatic rings. The molecular weight excluding hydrogens is 376 g/mol. The van der Waals surface area contributed by atoms with Crippen molar-refractivity contribution in [3.63, 3.8) is 0 Å². The van der Waals surface area contributed by atoms with Crippen LogP contribution < -0.4 is 5.73 Å². The number of anilines is 1. The maximum absolute atomic E-state index is 12.6. The number of hydrogen-bond acceptors (Lipinski definition) is 5. The average Bonchev–Trinajstić information content (AvgIpc) is 3.14. The number of H-pyrrole nitrogens is 1. The van der Waals surface area contributed by atoms with Crippen LogP contribution in [0.2, 0.25) is 0 Å². The Morgan fingerprint density at radius 1 is 1.03 bits per heavy atom. The lowest BCUT2D eigenvalue weighted by Crippen LogP contribution is -2.36. The van der Waals surface area contributed by atoms with Crippen LogP contribution in [0.4, 0.5) is 5.95 Å². The predicted octanol–water partition coefficient (Wildman–Crippen LogP) is 4.46. The van der Waals surface area contributed by atoms with Crippen molar-refractivity contribution >= 4 is 22.8 Å². The molecule has 150 valence electrons. The first-order valence-corrected chi connectivity index (χ1v) is 10.0. The van der Waals surface area contributed by atoms with E-state index in [0.717, 1.165) is 46.9 Å². The summed E-state index contributed by atoms with van der Waals surface area (Å²) < 4.78 is 5.10. The summed E-state index contributed by atoms with van der Waals surface area (Å²) in [4.78, 5) is 24.1. The molecule has 1 saturated carbocycles. The van der Waals surface area contributed by atoms with Gasteiger partial charge < -0.3 is 15.5 Å². The maximum Gasteiger partial charge on any atom is 0.354 e. The minimum Gasteiger partial charge on any atom is -0.464 e. The second-order valence-electron chi connectivity index (χ2n) is 7.76. The normalized spacial score (nSPS) is 15.0. The molecule has 1 aliphatic carbocycles. The van der Waals surface area contributed by atoms with E-state index in [1.165, 1.54) is 12.7 Å². The van der Waals surface area contributed by atoms with Gasteiger partial charge in [-0.1, -0.05) is 48.9 Å². The molecule has 5 rings (SSSR count). The number of nitrogen functional groups attached to an aromatic ring is 1. The molecule has 1 fully saturated rings. The second kappa shape index (κ2) is 6.99. The zero-order valence-corrected chi connectivity index (χ0v) is 16.7. The third-order valence-electron chi connectivity index (χ3n) is 6.22. The zero-order valence-electron chi connectivity index (χ0n) is 16.7. The first-order valence-electron chi connectivity index (χ1n) is 10.0. The van der Waals surface area contributed by atoms with Crippen molar-refractivity contribution < 1.29 is 9.53 Å². The molecule has 0 saturated heterocycles. The molecule has 2 aromatic heterocycles. The molecule has 2 aromatic carbocycles. The van der Waals surface area contributed by atoms with Gasteiger partial charge in [-0.05, 0) is 30.0 Å². The van der Waals surface area contributed by atoms with Crippen LogP contribution in [0.25, 0.3) is 22.0 Å². The van der Waals surface area contributed by atoms with Crippen LogP contribution in [0, 0.1) is 0 Å². The number of aromatic amines is 1. The number of benzene rings is 2. The molecule has 4 aromatic rings. The molecule has 6 nitrogen and oxygen atoms in total. The molecule has 6 heteroatoms. The summed E-state index contributed by atoms with van der Waals surface area (Å²) >= 11 is 0. The monoisotopic (exact) mass is 398 g/mol. The van der Waals surface area contributed by atoms with Crippen molar-refractivity contribution in [1.29, 1.82) is 0 Å². The zero-order chi connectivity index (χ0) is 20.7. The lowest BCUT2D eigenvalue weighted by molar-refractivity contribution is 0.0590. The first kappa shape index (κ1) is 18.4. The van der Waals surface area contributed by atoms with Gasteiger partial charge in [-0.3, -0.25) is 0 Å². The summed E-state index contributed by atoms with van der Waals surface area (Å²) in [5.41, 5.74) is 11.1. The Morgan fingerprint density at radius 2 is 1.73 bits per heavy atom. The van der Waals surface area contributed by atoms with E-state index in [-0.39, 0.29) is 17.3 Å². The van der Waals surface area contributed by atoms with E-state index in [2.05, 4.69) is 45.3 Å². The van der Waals surface area contributed by atoms with E-state index in [1.54, 1.807) is 12.4 Å². The highest BCUT2D eigenvalue weighted by atomic mass is 16.5. The summed E-state index contributed by atoms with van der Waals surface area (Å²) in [6.45, 7) is 0. The van der Waals surface area contributed by atoms with E-state index in [4.69, 9.17) is 10.5 Å². The number of fused-ring (bicyclic) bond motifs is 1. The fourth-order valence-corrected chi connectivity index (χ4v) is 4.58. The number of aromatic nitrogens is 3. The standard InChI is InChI=1S/C24H22N4O2/c1-30-22(29)21-20(18-5-2-3-6-19(18)28-21)24(11-4-12-24)17-9-7-15(8-10-17)16-13-26-23(25)27-14-16/h2-3,5-10,13-14,28H,4,11-12H2,1H3,(H2,25,26,27). The smallest absolute Gasteiger partial charge is 0.354 e. The fraction of sp³-hybridized carbons (Fsp3) is 0.208. The van der Waals surface area contributed by atoms with Gasteiger partial charge in [0, 0.05) is 39.8 Å². The van der Waals surface area contributed by atoms with Gasteiger partial charge in [0.05, 0.1) is 7.11 Å². The largest absolute Gasteiger partial charge is 0.464 e. The predicted molar refractivity (Wildman–Crippen MR) is 116 cm³/mol. The Labute approximate surface area is 174 Å². The number of para-hydroxylation sites is 1. The SMILES string of the molecule is COC(=O)c1[nH]c2ccccc2c1C1(c2ccc(-c3cnc(N)nc3)cc2)CCC1. The molecule has 0 spiro atoms. The van der Waals surface area contributed by atoms with Crippen molar-refractivity contribution in [3.8, 4) is 11.1 Å². The Hall–Kier alpha value is -3.67. The number of esters is 1. The van der Waals surface area contributed by atoms with Crippen LogP contribution >= 0.6 is 0 Å². The highest BCUT2D eigenvalue weighted by molar-refractivity contribution is 5.99. The maximum atomic E-state index is 12.6. The van der Waals surface area contributed by atoms with Crippen LogP contribution in [0.1, 0.15) is 40.9 Å². The van der Waals surface area contributed by atoms with Gasteiger partial charge in [0.2, 0.25) is 5.95 Å². The third-order valence-corrected chi connectivity index (χ3v) is 6.22. The molecule has 0 aliphatic heterocycles. The van der Waals surface area contributed by atoms with Gasteiger partial charge in [-0.25, -0.2) is 14.8 Å². The Balaban J connectivity index is 1.63. The molecule has 0 atom stereocenters. The Kier molecular flexibility index (Phi) is 4.28. The van der Waals surface area contributed by atoms with Gasteiger partial charge in [0.15, 0.2) is 0 Å². The lowest BCUT2D eigenvalue weighted by atomic mass is 9.59. The minimum atomic E-state index is -0.330. The molecule has 0 unspecified atom stereocenters. The Morgan fingerprint density at radius 3 is 2.37 bits per heavy atom. The molecule has 0 bridgehead atoms. The molecular formula is C24H22N4O2. The summed E-state index contributed by atoms with van der Waals surface area (Å²) in [5, 5.41) is 1.08. The first-order chi connectivity index (χ1) is 14.6. The number of carbonyl (C=O) groups is 1. The van der Waals surface area contributed by atoms with Crippen molar-refractivity contribution in [1.82, 2.24) is 15.0 Å². The summed E-state index contributed by atoms with van der Waals surface area (Å²) in [6.07, 6.45) is 6.55. The number of carbonyl (C=O) groups excluding carboxylic acids is 1. The van der Waals surface area contributed by atoms with Gasteiger partial charge in [-0.2, -0.15) is 0 Å². The lowest BCUT2D eigenvalue weighted by Gasteiger charge is -2.43. The summed E-state index contributed by atoms with van der Waals surface area (Å²) in [7, 11) is 1.43. The van der Waals surface area contributed by atoms with Gasteiger partial charge in [0.1, 0.15) is 5.69 Å². The van der Waals surface area contributed by atoms with E-state index < -0.39 is 0 Å². The molecule has 3 N–H and O–H groups in total. The van der Waals surface area contributed by atoms with E-state index in [9.17, 15) is 4.79 Å². The number of methoxy groups -OCH3 is 1. The van der Waals surface area contributed by atoms with Crippen molar-refractivity contribution in [2.45, 2.75) is 24.7 Å². The highest BCUT2D eigenvalue weighted by Crippen LogP contribution is 2.52. The second-order valence-corrected chi connectivity index (χ2v) is 7.76. The fourth-order valence-electron chi connectivity index (χ4n) is 4.58. The molecule has 30 heavy (non-hydrogen) atoms. The number of ether oxygens (including phenoxy) is 1. The number of hydrogen-bond donors (Lipinski definition) is 2. The third kappa shape index (κ3) is 2.76. The van der Waals surface area contributed by atoms with Gasteiger partial charge in [0.25, 0.3) is 0 Å². The average molecular weight is 398 g/mol. The van der Waals surface area contributed by atoms with Crippen LogP contribution in [0.3, 0.4) is 0 Å². The summed E-state index contributed by atoms with van der Waals surface area (Å²) in [5.74, 6) is -0.0680. The van der Waals surface area contributed by atoms with Crippen LogP contribution in [-0.4, -0.2) is 28.0 Å². The molecule has 2 heterocycles. The van der Waals surface area contributed by atoms with E-state index >= 15 is 0 Å². The number of nitrogens with zero attached hydrogens (tertiary/aromatic N) is 2. The van der Waals surface area contributed by atoms with E-state index in [0.29, 0.717) is 5.69 Å². The van der Waals surface area contributed by atoms with Crippen LogP contribution in [0.5, 0.6) is 0 Å². The Bertz CT molecular complexity index is 1220. The quantitative estimate of drug-likeness (QED) is 0.495. The van der Waals surface area contributed by atoms with Crippen molar-refractivity contribution in [3.05, 3.63) is 77.7 Å². The minimum absolute atomic E-state index is 0.209. The van der Waals surface area contributed by atoms with Crippen molar-refractivity contribution in [2.24, 2.45) is 0 Å². The van der Waals surface area contributed by atoms with Gasteiger partial charge >= 0.3 is 5.97 Å². The molecule has 0 amide bonds. The van der Waals surface area contributed by atoms with E-state index in [1.807, 2.05) is 18.2 Å². The molecule has 0 radical (unpaired) electrons. The van der Waals surface area contributed by atoms with Crippen LogP contribution in [0.15, 0.2) is 60.9 Å². The van der Waals surface area contributed by atoms with Crippen molar-refractivity contribution in [2.75, 3.05) is 12.8 Å². The number of nitrogens with two attached hydrogens (primary N) is 1. The number of rotatable bonds is 4.